The van der Waals surface area contributed by atoms with E-state index >= 15 is 0 Å². The minimum absolute atomic E-state index is 0.364. The summed E-state index contributed by atoms with van der Waals surface area (Å²) in [7, 11) is -7.38. The van der Waals surface area contributed by atoms with E-state index in [1.807, 2.05) is 0 Å². The van der Waals surface area contributed by atoms with Gasteiger partial charge < -0.3 is 5.53 Å². The zero-order valence-corrected chi connectivity index (χ0v) is 11.3. The summed E-state index contributed by atoms with van der Waals surface area (Å²) in [4.78, 5) is 2.44. The van der Waals surface area contributed by atoms with Crippen molar-refractivity contribution in [2.45, 2.75) is 37.7 Å². The Labute approximate surface area is 96.1 Å². The Hall–Kier alpha value is -0.720. The van der Waals surface area contributed by atoms with Crippen LogP contribution in [0.5, 0.6) is 0 Å². The van der Waals surface area contributed by atoms with Crippen molar-refractivity contribution in [1.82, 2.24) is 0 Å². The van der Waals surface area contributed by atoms with Crippen molar-refractivity contribution in [3.05, 3.63) is 5.53 Å². The second-order valence-electron chi connectivity index (χ2n) is 4.38. The average Bonchev–Trinajstić information content (AvgIpc) is 2.00. The van der Waals surface area contributed by atoms with Crippen LogP contribution in [0.2, 0.25) is 0 Å². The minimum Gasteiger partial charge on any atom is -0.361 e. The van der Waals surface area contributed by atoms with E-state index in [1.54, 1.807) is 0 Å². The van der Waals surface area contributed by atoms with E-state index in [0.717, 1.165) is 0 Å². The van der Waals surface area contributed by atoms with E-state index in [0.29, 0.717) is 5.55 Å². The summed E-state index contributed by atoms with van der Waals surface area (Å²) in [6, 6.07) is 0. The molecule has 94 valence electrons. The van der Waals surface area contributed by atoms with Gasteiger partial charge >= 0.3 is 5.55 Å². The fraction of sp³-hybridized carbons (Fsp3) is 0.875. The zero-order valence-electron chi connectivity index (χ0n) is 9.71. The average molecular weight is 268 g/mol. The van der Waals surface area contributed by atoms with Gasteiger partial charge in [0.2, 0.25) is 0 Å². The van der Waals surface area contributed by atoms with E-state index in [9.17, 15) is 16.8 Å². The van der Waals surface area contributed by atoms with Crippen molar-refractivity contribution in [3.8, 4) is 0 Å². The first-order chi connectivity index (χ1) is 6.96. The smallest absolute Gasteiger partial charge is 0.361 e. The fourth-order valence-electron chi connectivity index (χ4n) is 0.938. The van der Waals surface area contributed by atoms with Crippen LogP contribution in [0.25, 0.3) is 5.53 Å². The SMILES string of the molecule is CC(C)S(=O)(=O)CC(C)(C)S(=O)(=O)C=[N+]=[N-]. The summed E-state index contributed by atoms with van der Waals surface area (Å²) in [6.07, 6.45) is 0. The maximum absolute atomic E-state index is 11.6. The molecule has 0 aliphatic carbocycles. The minimum atomic E-state index is -3.90. The third kappa shape index (κ3) is 3.40. The number of nitrogens with zero attached hydrogens (tertiary/aromatic N) is 2. The van der Waals surface area contributed by atoms with Gasteiger partial charge in [-0.2, -0.15) is 4.79 Å². The molecule has 0 saturated heterocycles. The third-order valence-corrected chi connectivity index (χ3v) is 7.02. The van der Waals surface area contributed by atoms with Gasteiger partial charge in [-0.25, -0.2) is 16.8 Å². The number of rotatable bonds is 5. The summed E-state index contributed by atoms with van der Waals surface area (Å²) in [6.45, 7) is 5.53. The third-order valence-electron chi connectivity index (χ3n) is 2.22. The summed E-state index contributed by atoms with van der Waals surface area (Å²) in [5, 5.41) is -0.645. The highest BCUT2D eigenvalue weighted by molar-refractivity contribution is 8.06. The predicted molar refractivity (Wildman–Crippen MR) is 61.6 cm³/mol. The summed E-state index contributed by atoms with van der Waals surface area (Å²) >= 11 is 0. The topological polar surface area (TPSA) is 105 Å². The molecule has 0 spiro atoms. The largest absolute Gasteiger partial charge is 0.370 e. The summed E-state index contributed by atoms with van der Waals surface area (Å²) in [5.74, 6) is -0.508. The number of sulfone groups is 2. The maximum atomic E-state index is 11.6. The first kappa shape index (κ1) is 15.3. The van der Waals surface area contributed by atoms with Gasteiger partial charge in [-0.05, 0) is 27.7 Å². The molecule has 0 aliphatic heterocycles. The molecule has 0 fully saturated rings. The van der Waals surface area contributed by atoms with Gasteiger partial charge in [0.25, 0.3) is 9.84 Å². The Morgan fingerprint density at radius 2 is 1.69 bits per heavy atom. The Balaban J connectivity index is 5.36. The molecular weight excluding hydrogens is 252 g/mol. The maximum Gasteiger partial charge on any atom is 0.370 e. The Bertz CT molecular complexity index is 496. The van der Waals surface area contributed by atoms with Gasteiger partial charge in [-0.1, -0.05) is 0 Å². The van der Waals surface area contributed by atoms with Crippen molar-refractivity contribution in [1.29, 1.82) is 0 Å². The summed E-state index contributed by atoms with van der Waals surface area (Å²) < 4.78 is 44.9. The lowest BCUT2D eigenvalue weighted by Crippen LogP contribution is -2.41. The van der Waals surface area contributed by atoms with Gasteiger partial charge in [0.05, 0.1) is 15.7 Å². The van der Waals surface area contributed by atoms with Crippen LogP contribution in [0.3, 0.4) is 0 Å². The number of hydrogen-bond donors (Lipinski definition) is 0. The van der Waals surface area contributed by atoms with Gasteiger partial charge in [-0.3, -0.25) is 0 Å². The lowest BCUT2D eigenvalue weighted by atomic mass is 10.2. The highest BCUT2D eigenvalue weighted by Crippen LogP contribution is 2.20. The molecule has 0 aromatic rings. The molecule has 0 aromatic heterocycles. The lowest BCUT2D eigenvalue weighted by molar-refractivity contribution is 0.00741. The Kier molecular flexibility index (Phi) is 4.44. The van der Waals surface area contributed by atoms with E-state index < -0.39 is 35.4 Å². The molecule has 16 heavy (non-hydrogen) atoms. The standard InChI is InChI=1S/C8H16N2O4S2/c1-7(2)15(11,12)5-8(3,4)16(13,14)6-10-9/h6-7H,5H2,1-4H3. The number of hydrogen-bond acceptors (Lipinski definition) is 4. The molecular formula is C8H16N2O4S2. The van der Waals surface area contributed by atoms with Crippen LogP contribution in [0.4, 0.5) is 0 Å². The second kappa shape index (κ2) is 4.65. The van der Waals surface area contributed by atoms with E-state index in [4.69, 9.17) is 5.53 Å². The van der Waals surface area contributed by atoms with E-state index in [2.05, 4.69) is 4.79 Å². The van der Waals surface area contributed by atoms with Crippen LogP contribution < -0.4 is 0 Å². The molecule has 0 N–H and O–H groups in total. The molecule has 6 nitrogen and oxygen atoms in total. The van der Waals surface area contributed by atoms with E-state index in [1.165, 1.54) is 27.7 Å². The molecule has 0 saturated carbocycles. The monoisotopic (exact) mass is 268 g/mol. The van der Waals surface area contributed by atoms with Crippen LogP contribution in [0.15, 0.2) is 0 Å². The molecule has 0 heterocycles. The highest BCUT2D eigenvalue weighted by atomic mass is 32.2. The van der Waals surface area contributed by atoms with Crippen LogP contribution in [0, 0.1) is 0 Å². The van der Waals surface area contributed by atoms with Gasteiger partial charge in [-0.15, -0.1) is 0 Å². The molecule has 0 aliphatic rings. The van der Waals surface area contributed by atoms with Crippen LogP contribution in [0.1, 0.15) is 27.7 Å². The molecule has 0 unspecified atom stereocenters. The first-order valence-corrected chi connectivity index (χ1v) is 7.86. The fourth-order valence-corrected chi connectivity index (χ4v) is 3.80. The second-order valence-corrected chi connectivity index (χ2v) is 9.34. The Morgan fingerprint density at radius 1 is 1.25 bits per heavy atom. The molecule has 0 radical (unpaired) electrons. The van der Waals surface area contributed by atoms with Gasteiger partial charge in [0.15, 0.2) is 9.84 Å². The lowest BCUT2D eigenvalue weighted by Gasteiger charge is -2.21. The van der Waals surface area contributed by atoms with Crippen molar-refractivity contribution in [2.24, 2.45) is 0 Å². The van der Waals surface area contributed by atoms with Crippen LogP contribution >= 0.6 is 0 Å². The van der Waals surface area contributed by atoms with Gasteiger partial charge in [0, 0.05) is 0 Å². The normalized spacial score (nSPS) is 13.6. The van der Waals surface area contributed by atoms with E-state index in [-0.39, 0.29) is 0 Å². The van der Waals surface area contributed by atoms with Crippen LogP contribution in [-0.4, -0.2) is 42.9 Å². The molecule has 0 amide bonds. The molecule has 0 atom stereocenters. The predicted octanol–water partition coefficient (Wildman–Crippen LogP) is 0.261. The molecule has 8 heteroatoms. The van der Waals surface area contributed by atoms with Crippen molar-refractivity contribution < 1.29 is 21.6 Å². The van der Waals surface area contributed by atoms with Crippen molar-refractivity contribution in [2.75, 3.05) is 5.75 Å². The molecule has 0 bridgehead atoms. The molecule has 0 rings (SSSR count). The Morgan fingerprint density at radius 3 is 2.00 bits per heavy atom. The highest BCUT2D eigenvalue weighted by Gasteiger charge is 2.41. The first-order valence-electron chi connectivity index (χ1n) is 4.60. The van der Waals surface area contributed by atoms with Gasteiger partial charge in [0.1, 0.15) is 0 Å². The van der Waals surface area contributed by atoms with Crippen molar-refractivity contribution >= 4 is 25.2 Å². The van der Waals surface area contributed by atoms with Crippen LogP contribution in [-0.2, 0) is 19.7 Å². The zero-order chi connectivity index (χ0) is 13.2. The summed E-state index contributed by atoms with van der Waals surface area (Å²) in [5.41, 5.74) is 8.58. The van der Waals surface area contributed by atoms with Crippen molar-refractivity contribution in [3.63, 3.8) is 0 Å². The quantitative estimate of drug-likeness (QED) is 0.308. The molecule has 0 aromatic carbocycles.